The van der Waals surface area contributed by atoms with Gasteiger partial charge in [0.2, 0.25) is 15.9 Å². The minimum atomic E-state index is -4.09. The lowest BCUT2D eigenvalue weighted by molar-refractivity contribution is -0.132. The van der Waals surface area contributed by atoms with Crippen molar-refractivity contribution in [3.63, 3.8) is 0 Å². The monoisotopic (exact) mass is 548 g/mol. The van der Waals surface area contributed by atoms with Crippen LogP contribution >= 0.6 is 11.3 Å². The number of aromatic nitrogens is 4. The van der Waals surface area contributed by atoms with Crippen molar-refractivity contribution in [1.82, 2.24) is 29.4 Å². The molecule has 1 aliphatic heterocycles. The van der Waals surface area contributed by atoms with Crippen molar-refractivity contribution in [2.75, 3.05) is 31.1 Å². The number of piperazine rings is 1. The maximum absolute atomic E-state index is 13.3. The molecule has 3 fully saturated rings. The van der Waals surface area contributed by atoms with Gasteiger partial charge in [-0.3, -0.25) is 4.79 Å². The molecule has 3 aliphatic rings. The molecule has 4 heterocycles. The fraction of sp³-hybridized carbons (Fsp3) is 0.500. The van der Waals surface area contributed by atoms with Crippen LogP contribution in [0.1, 0.15) is 37.1 Å². The van der Waals surface area contributed by atoms with Gasteiger partial charge in [-0.2, -0.15) is 15.1 Å². The van der Waals surface area contributed by atoms with Gasteiger partial charge < -0.3 is 9.80 Å². The van der Waals surface area contributed by atoms with Crippen molar-refractivity contribution in [3.05, 3.63) is 23.3 Å². The van der Waals surface area contributed by atoms with E-state index in [9.17, 15) is 27.3 Å². The molecule has 0 radical (unpaired) electrons. The third-order valence-electron chi connectivity index (χ3n) is 6.88. The normalized spacial score (nSPS) is 19.4. The van der Waals surface area contributed by atoms with Crippen LogP contribution in [-0.4, -0.2) is 70.8 Å². The molecule has 1 N–H and O–H groups in total. The minimum Gasteiger partial charge on any atom is -0.353 e. The zero-order chi connectivity index (χ0) is 25.9. The highest BCUT2D eigenvalue weighted by Gasteiger charge is 2.47. The highest BCUT2D eigenvalue weighted by molar-refractivity contribution is 7.89. The number of nitriles is 1. The van der Waals surface area contributed by atoms with E-state index in [0.717, 1.165) is 12.8 Å². The predicted octanol–water partition coefficient (Wildman–Crippen LogP) is 2.18. The number of amides is 1. The number of hydrogen-bond acceptors (Lipinski definition) is 9. The van der Waals surface area contributed by atoms with Gasteiger partial charge in [-0.1, -0.05) is 11.3 Å². The average molecular weight is 549 g/mol. The van der Waals surface area contributed by atoms with E-state index in [1.807, 2.05) is 15.9 Å². The first-order valence-corrected chi connectivity index (χ1v) is 14.1. The Morgan fingerprint density at radius 1 is 1.19 bits per heavy atom. The number of anilines is 1. The quantitative estimate of drug-likeness (QED) is 0.475. The van der Waals surface area contributed by atoms with Gasteiger partial charge in [-0.15, -0.1) is 10.2 Å². The Labute approximate surface area is 214 Å². The fourth-order valence-electron chi connectivity index (χ4n) is 4.44. The van der Waals surface area contributed by atoms with E-state index >= 15 is 0 Å². The molecule has 2 saturated carbocycles. The van der Waals surface area contributed by atoms with E-state index in [2.05, 4.69) is 20.0 Å². The van der Waals surface area contributed by atoms with Crippen molar-refractivity contribution in [2.24, 2.45) is 5.92 Å². The molecule has 15 heteroatoms. The summed E-state index contributed by atoms with van der Waals surface area (Å²) in [6.07, 6.45) is 1.36. The summed E-state index contributed by atoms with van der Waals surface area (Å²) in [4.78, 5) is 16.2. The maximum atomic E-state index is 13.3. The first-order chi connectivity index (χ1) is 17.7. The van der Waals surface area contributed by atoms with Crippen LogP contribution in [0.15, 0.2) is 23.2 Å². The first-order valence-electron chi connectivity index (χ1n) is 11.8. The number of rotatable bonds is 7. The molecule has 0 unspecified atom stereocenters. The molecule has 1 amide bonds. The second-order valence-electron chi connectivity index (χ2n) is 9.54. The average Bonchev–Trinajstić information content (AvgIpc) is 3.78. The molecule has 3 aromatic heterocycles. The summed E-state index contributed by atoms with van der Waals surface area (Å²) in [5, 5.41) is 21.0. The number of halogens is 2. The fourth-order valence-corrected chi connectivity index (χ4v) is 6.57. The van der Waals surface area contributed by atoms with Crippen molar-refractivity contribution in [1.29, 1.82) is 5.26 Å². The van der Waals surface area contributed by atoms with Crippen molar-refractivity contribution >= 4 is 38.6 Å². The molecule has 0 spiro atoms. The third-order valence-corrected chi connectivity index (χ3v) is 9.36. The third kappa shape index (κ3) is 4.42. The Kier molecular flexibility index (Phi) is 5.66. The van der Waals surface area contributed by atoms with E-state index in [0.29, 0.717) is 67.3 Å². The van der Waals surface area contributed by atoms with Gasteiger partial charge in [0.15, 0.2) is 10.0 Å². The molecular weight excluding hydrogens is 526 g/mol. The standard InChI is InChI=1S/C22H22F2N8O3S2/c23-18(24)20-28-27-19(36-20)15-11-26-32-16(15)9-14(37(34,35)29-22(12-25)3-4-22)10-17(32)30-5-7-31(8-6-30)21(33)13-1-2-13/h9-11,13,18,29H,1-8H2. The number of nitrogens with one attached hydrogen (secondary N) is 1. The smallest absolute Gasteiger partial charge is 0.291 e. The van der Waals surface area contributed by atoms with Gasteiger partial charge in [0.1, 0.15) is 11.4 Å². The van der Waals surface area contributed by atoms with Crippen LogP contribution in [0, 0.1) is 17.2 Å². The molecule has 0 bridgehead atoms. The molecular formula is C22H22F2N8O3S2. The van der Waals surface area contributed by atoms with Crippen molar-refractivity contribution in [3.8, 4) is 16.6 Å². The van der Waals surface area contributed by atoms with Crippen LogP contribution in [-0.2, 0) is 14.8 Å². The lowest BCUT2D eigenvalue weighted by Crippen LogP contribution is -2.49. The zero-order valence-electron chi connectivity index (χ0n) is 19.5. The summed E-state index contributed by atoms with van der Waals surface area (Å²) in [5.74, 6) is 0.749. The molecule has 3 aromatic rings. The van der Waals surface area contributed by atoms with Crippen LogP contribution in [0.5, 0.6) is 0 Å². The lowest BCUT2D eigenvalue weighted by atomic mass is 10.2. The number of fused-ring (bicyclic) bond motifs is 1. The Bertz CT molecular complexity index is 1530. The van der Waals surface area contributed by atoms with Gasteiger partial charge >= 0.3 is 0 Å². The number of hydrogen-bond donors (Lipinski definition) is 1. The summed E-state index contributed by atoms with van der Waals surface area (Å²) >= 11 is 0.713. The zero-order valence-corrected chi connectivity index (χ0v) is 21.1. The lowest BCUT2D eigenvalue weighted by Gasteiger charge is -2.36. The van der Waals surface area contributed by atoms with E-state index in [4.69, 9.17) is 0 Å². The highest BCUT2D eigenvalue weighted by atomic mass is 32.2. The number of pyridine rings is 1. The first kappa shape index (κ1) is 24.1. The Morgan fingerprint density at radius 2 is 1.92 bits per heavy atom. The van der Waals surface area contributed by atoms with Crippen LogP contribution in [0.3, 0.4) is 0 Å². The largest absolute Gasteiger partial charge is 0.353 e. The molecule has 37 heavy (non-hydrogen) atoms. The van der Waals surface area contributed by atoms with E-state index in [-0.39, 0.29) is 21.7 Å². The van der Waals surface area contributed by atoms with E-state index < -0.39 is 27.0 Å². The maximum Gasteiger partial charge on any atom is 0.291 e. The molecule has 0 atom stereocenters. The predicted molar refractivity (Wildman–Crippen MR) is 128 cm³/mol. The summed E-state index contributed by atoms with van der Waals surface area (Å²) in [6, 6.07) is 4.91. The summed E-state index contributed by atoms with van der Waals surface area (Å²) in [5.41, 5.74) is -0.395. The molecule has 2 aliphatic carbocycles. The summed E-state index contributed by atoms with van der Waals surface area (Å²) in [6.45, 7) is 1.92. The van der Waals surface area contributed by atoms with Crippen LogP contribution in [0.2, 0.25) is 0 Å². The number of alkyl halides is 2. The van der Waals surface area contributed by atoms with E-state index in [1.165, 1.54) is 18.3 Å². The van der Waals surface area contributed by atoms with E-state index in [1.54, 1.807) is 4.52 Å². The van der Waals surface area contributed by atoms with Crippen molar-refractivity contribution in [2.45, 2.75) is 42.5 Å². The van der Waals surface area contributed by atoms with Gasteiger partial charge in [-0.05, 0) is 31.7 Å². The van der Waals surface area contributed by atoms with Crippen LogP contribution < -0.4 is 9.62 Å². The Balaban J connectivity index is 1.40. The molecule has 1 saturated heterocycles. The molecule has 11 nitrogen and oxygen atoms in total. The van der Waals surface area contributed by atoms with Crippen LogP contribution in [0.25, 0.3) is 16.1 Å². The Morgan fingerprint density at radius 3 is 2.51 bits per heavy atom. The number of sulfonamides is 1. The molecule has 0 aromatic carbocycles. The summed E-state index contributed by atoms with van der Waals surface area (Å²) < 4.78 is 57.0. The topological polar surface area (TPSA) is 137 Å². The highest BCUT2D eigenvalue weighted by Crippen LogP contribution is 2.38. The minimum absolute atomic E-state index is 0.0756. The van der Waals surface area contributed by atoms with Crippen LogP contribution in [0.4, 0.5) is 14.6 Å². The van der Waals surface area contributed by atoms with Crippen molar-refractivity contribution < 1.29 is 22.0 Å². The second kappa shape index (κ2) is 8.67. The number of carbonyl (C=O) groups excluding carboxylic acids is 1. The SMILES string of the molecule is N#CC1(NS(=O)(=O)c2cc(N3CCN(C(=O)C4CC4)CC3)n3ncc(-c4nnc(C(F)F)s4)c3c2)CC1. The van der Waals surface area contributed by atoms with Gasteiger partial charge in [-0.25, -0.2) is 21.7 Å². The molecule has 194 valence electrons. The summed E-state index contributed by atoms with van der Waals surface area (Å²) in [7, 11) is -4.09. The van der Waals surface area contributed by atoms with Gasteiger partial charge in [0.05, 0.1) is 28.2 Å². The number of carbonyl (C=O) groups is 1. The van der Waals surface area contributed by atoms with Gasteiger partial charge in [0.25, 0.3) is 6.43 Å². The van der Waals surface area contributed by atoms with Gasteiger partial charge in [0, 0.05) is 38.2 Å². The second-order valence-corrected chi connectivity index (χ2v) is 12.2. The number of nitrogens with zero attached hydrogens (tertiary/aromatic N) is 7. The Hall–Kier alpha value is -3.22. The molecule has 6 rings (SSSR count).